The van der Waals surface area contributed by atoms with E-state index in [1.54, 1.807) is 6.20 Å². The summed E-state index contributed by atoms with van der Waals surface area (Å²) in [6, 6.07) is 18.3. The van der Waals surface area contributed by atoms with Gasteiger partial charge in [-0.3, -0.25) is 0 Å². The minimum atomic E-state index is -0.108. The first-order valence-electron chi connectivity index (χ1n) is 9.41. The van der Waals surface area contributed by atoms with Crippen molar-refractivity contribution >= 4 is 5.82 Å². The zero-order valence-electron chi connectivity index (χ0n) is 15.6. The largest absolute Gasteiger partial charge is 0.454 e. The molecule has 6 nitrogen and oxygen atoms in total. The number of nitrogens with zero attached hydrogens (tertiary/aromatic N) is 3. The Labute approximate surface area is 163 Å². The number of rotatable bonds is 3. The molecule has 3 heterocycles. The maximum atomic E-state index is 6.52. The molecule has 0 amide bonds. The van der Waals surface area contributed by atoms with E-state index in [1.165, 1.54) is 0 Å². The molecule has 1 fully saturated rings. The van der Waals surface area contributed by atoms with Crippen molar-refractivity contribution in [2.45, 2.75) is 19.1 Å². The Morgan fingerprint density at radius 3 is 2.50 bits per heavy atom. The number of anilines is 1. The van der Waals surface area contributed by atoms with Gasteiger partial charge in [0, 0.05) is 19.3 Å². The smallest absolute Gasteiger partial charge is 0.231 e. The summed E-state index contributed by atoms with van der Waals surface area (Å²) in [5.74, 6) is 3.23. The van der Waals surface area contributed by atoms with Gasteiger partial charge in [-0.25, -0.2) is 9.97 Å². The van der Waals surface area contributed by atoms with Crippen molar-refractivity contribution in [2.24, 2.45) is 0 Å². The predicted molar refractivity (Wildman–Crippen MR) is 105 cm³/mol. The summed E-state index contributed by atoms with van der Waals surface area (Å²) in [5.41, 5.74) is 2.23. The van der Waals surface area contributed by atoms with Crippen molar-refractivity contribution in [2.75, 3.05) is 24.8 Å². The second kappa shape index (κ2) is 7.13. The van der Waals surface area contributed by atoms with Crippen molar-refractivity contribution < 1.29 is 14.2 Å². The molecule has 0 saturated carbocycles. The molecule has 3 aromatic rings. The van der Waals surface area contributed by atoms with E-state index in [-0.39, 0.29) is 19.0 Å². The Bertz CT molecular complexity index is 980. The fraction of sp³-hybridized carbons (Fsp3) is 0.273. The molecule has 2 aliphatic rings. The van der Waals surface area contributed by atoms with E-state index in [2.05, 4.69) is 33.1 Å². The number of morpholine rings is 1. The molecule has 6 heteroatoms. The lowest BCUT2D eigenvalue weighted by atomic mass is 10.0. The Hall–Kier alpha value is -3.12. The molecule has 0 aliphatic carbocycles. The summed E-state index contributed by atoms with van der Waals surface area (Å²) in [6.45, 7) is 3.62. The monoisotopic (exact) mass is 375 g/mol. The maximum Gasteiger partial charge on any atom is 0.231 e. The van der Waals surface area contributed by atoms with E-state index in [1.807, 2.05) is 43.3 Å². The van der Waals surface area contributed by atoms with Crippen LogP contribution in [0.2, 0.25) is 0 Å². The highest BCUT2D eigenvalue weighted by Gasteiger charge is 2.31. The third kappa shape index (κ3) is 3.27. The van der Waals surface area contributed by atoms with Crippen LogP contribution < -0.4 is 14.4 Å². The second-order valence-electron chi connectivity index (χ2n) is 7.00. The lowest BCUT2D eigenvalue weighted by Crippen LogP contribution is -2.40. The fourth-order valence-electron chi connectivity index (χ4n) is 3.72. The number of aryl methyl sites for hydroxylation is 1. The topological polar surface area (TPSA) is 56.7 Å². The van der Waals surface area contributed by atoms with Crippen LogP contribution in [0.15, 0.2) is 60.8 Å². The number of aromatic nitrogens is 2. The summed E-state index contributed by atoms with van der Waals surface area (Å²) in [7, 11) is 0. The highest BCUT2D eigenvalue weighted by atomic mass is 16.7. The first kappa shape index (κ1) is 17.0. The molecule has 5 rings (SSSR count). The van der Waals surface area contributed by atoms with Crippen LogP contribution in [0.1, 0.15) is 29.2 Å². The molecule has 0 spiro atoms. The minimum Gasteiger partial charge on any atom is -0.454 e. The second-order valence-corrected chi connectivity index (χ2v) is 7.00. The van der Waals surface area contributed by atoms with Gasteiger partial charge in [0.15, 0.2) is 11.5 Å². The third-order valence-corrected chi connectivity index (χ3v) is 5.13. The average Bonchev–Trinajstić information content (AvgIpc) is 3.22. The Balaban J connectivity index is 1.49. The number of fused-ring (bicyclic) bond motifs is 1. The van der Waals surface area contributed by atoms with Crippen LogP contribution in [0.5, 0.6) is 11.5 Å². The molecule has 0 bridgehead atoms. The van der Waals surface area contributed by atoms with Crippen LogP contribution in [0.3, 0.4) is 0 Å². The van der Waals surface area contributed by atoms with Crippen LogP contribution in [-0.2, 0) is 4.74 Å². The van der Waals surface area contributed by atoms with E-state index in [9.17, 15) is 0 Å². The predicted octanol–water partition coefficient (Wildman–Crippen LogP) is 3.83. The van der Waals surface area contributed by atoms with Gasteiger partial charge in [0.1, 0.15) is 23.9 Å². The first-order chi connectivity index (χ1) is 13.8. The molecule has 28 heavy (non-hydrogen) atoms. The first-order valence-corrected chi connectivity index (χ1v) is 9.41. The molecule has 0 radical (unpaired) electrons. The molecule has 0 unspecified atom stereocenters. The average molecular weight is 375 g/mol. The highest BCUT2D eigenvalue weighted by molar-refractivity contribution is 5.46. The fourth-order valence-corrected chi connectivity index (χ4v) is 3.72. The highest BCUT2D eigenvalue weighted by Crippen LogP contribution is 2.39. The number of hydrogen-bond acceptors (Lipinski definition) is 6. The number of ether oxygens (including phenoxy) is 3. The van der Waals surface area contributed by atoms with E-state index >= 15 is 0 Å². The van der Waals surface area contributed by atoms with Gasteiger partial charge in [-0.2, -0.15) is 0 Å². The van der Waals surface area contributed by atoms with Crippen LogP contribution in [0.4, 0.5) is 5.82 Å². The van der Waals surface area contributed by atoms with Crippen molar-refractivity contribution in [1.29, 1.82) is 0 Å². The molecule has 2 atom stereocenters. The lowest BCUT2D eigenvalue weighted by molar-refractivity contribution is -0.0296. The molecule has 142 valence electrons. The van der Waals surface area contributed by atoms with E-state index < -0.39 is 0 Å². The quantitative estimate of drug-likeness (QED) is 0.693. The summed E-state index contributed by atoms with van der Waals surface area (Å²) < 4.78 is 17.5. The lowest BCUT2D eigenvalue weighted by Gasteiger charge is -2.39. The molecule has 2 aliphatic heterocycles. The van der Waals surface area contributed by atoms with E-state index in [4.69, 9.17) is 14.2 Å². The van der Waals surface area contributed by atoms with Gasteiger partial charge >= 0.3 is 0 Å². The van der Waals surface area contributed by atoms with Gasteiger partial charge in [-0.05, 0) is 36.2 Å². The molecule has 1 aromatic heterocycles. The van der Waals surface area contributed by atoms with Crippen molar-refractivity contribution in [3.8, 4) is 11.5 Å². The Morgan fingerprint density at radius 1 is 0.893 bits per heavy atom. The number of hydrogen-bond donors (Lipinski definition) is 0. The van der Waals surface area contributed by atoms with E-state index in [0.717, 1.165) is 40.8 Å². The molecular formula is C22H21N3O3. The molecular weight excluding hydrogens is 354 g/mol. The summed E-state index contributed by atoms with van der Waals surface area (Å²) in [6.07, 6.45) is 1.64. The van der Waals surface area contributed by atoms with E-state index in [0.29, 0.717) is 6.54 Å². The molecule has 2 aromatic carbocycles. The van der Waals surface area contributed by atoms with Crippen molar-refractivity contribution in [3.63, 3.8) is 0 Å². The zero-order chi connectivity index (χ0) is 18.9. The van der Waals surface area contributed by atoms with Gasteiger partial charge in [0.2, 0.25) is 6.79 Å². The van der Waals surface area contributed by atoms with Gasteiger partial charge < -0.3 is 19.1 Å². The Kier molecular flexibility index (Phi) is 4.33. The van der Waals surface area contributed by atoms with Crippen molar-refractivity contribution in [3.05, 3.63) is 77.7 Å². The maximum absolute atomic E-state index is 6.52. The van der Waals surface area contributed by atoms with Crippen molar-refractivity contribution in [1.82, 2.24) is 9.97 Å². The van der Waals surface area contributed by atoms with Gasteiger partial charge in [-0.15, -0.1) is 0 Å². The summed E-state index contributed by atoms with van der Waals surface area (Å²) >= 11 is 0. The van der Waals surface area contributed by atoms with Gasteiger partial charge in [0.05, 0.1) is 0 Å². The van der Waals surface area contributed by atoms with Gasteiger partial charge in [0.25, 0.3) is 0 Å². The van der Waals surface area contributed by atoms with Gasteiger partial charge in [-0.1, -0.05) is 36.4 Å². The molecule has 0 N–H and O–H groups in total. The Morgan fingerprint density at radius 2 is 1.68 bits per heavy atom. The van der Waals surface area contributed by atoms with Crippen LogP contribution >= 0.6 is 0 Å². The van der Waals surface area contributed by atoms with Crippen LogP contribution in [0.25, 0.3) is 0 Å². The number of benzene rings is 2. The minimum absolute atomic E-state index is 0.0550. The normalized spacial score (nSPS) is 21.0. The third-order valence-electron chi connectivity index (χ3n) is 5.13. The zero-order valence-corrected chi connectivity index (χ0v) is 15.6. The molecule has 1 saturated heterocycles. The van der Waals surface area contributed by atoms with Crippen LogP contribution in [0, 0.1) is 6.92 Å². The SMILES string of the molecule is Cc1nccc(N2C[C@@H](c3ccccc3)O[C@@H](c3ccc4c(c3)OCO4)C2)n1. The summed E-state index contributed by atoms with van der Waals surface area (Å²) in [4.78, 5) is 11.1. The standard InChI is InChI=1S/C22H21N3O3/c1-15-23-10-9-22(24-15)25-12-20(16-5-3-2-4-6-16)28-21(13-25)17-7-8-18-19(11-17)27-14-26-18/h2-11,20-21H,12-14H2,1H3/t20-,21+/m0/s1. The van der Waals surface area contributed by atoms with Crippen LogP contribution in [-0.4, -0.2) is 29.9 Å². The summed E-state index contributed by atoms with van der Waals surface area (Å²) in [5, 5.41) is 0.